The number of carbonyl (C=O) groups excluding carboxylic acids is 1. The molecule has 0 spiro atoms. The summed E-state index contributed by atoms with van der Waals surface area (Å²) in [4.78, 5) is 15.2. The van der Waals surface area contributed by atoms with Gasteiger partial charge in [0.15, 0.2) is 5.60 Å². The Morgan fingerprint density at radius 2 is 1.90 bits per heavy atom. The zero-order valence-corrected chi connectivity index (χ0v) is 12.9. The molecular formula is C17H24N2O2. The summed E-state index contributed by atoms with van der Waals surface area (Å²) in [6.07, 6.45) is 3.42. The quantitative estimate of drug-likeness (QED) is 0.930. The lowest BCUT2D eigenvalue weighted by Crippen LogP contribution is -2.59. The lowest BCUT2D eigenvalue weighted by Gasteiger charge is -2.46. The summed E-state index contributed by atoms with van der Waals surface area (Å²) in [6.45, 7) is 6.03. The highest BCUT2D eigenvalue weighted by Gasteiger charge is 2.47. The summed E-state index contributed by atoms with van der Waals surface area (Å²) < 4.78 is 6.14. The maximum atomic E-state index is 13.2. The van der Waals surface area contributed by atoms with Gasteiger partial charge in [-0.15, -0.1) is 0 Å². The van der Waals surface area contributed by atoms with Crippen molar-refractivity contribution in [3.8, 4) is 5.75 Å². The van der Waals surface area contributed by atoms with Crippen LogP contribution < -0.4 is 15.0 Å². The Kier molecular flexibility index (Phi) is 3.89. The zero-order chi connectivity index (χ0) is 14.9. The molecule has 114 valence electrons. The van der Waals surface area contributed by atoms with Crippen LogP contribution in [-0.2, 0) is 4.79 Å². The highest BCUT2D eigenvalue weighted by molar-refractivity contribution is 6.03. The Labute approximate surface area is 126 Å². The molecule has 1 saturated heterocycles. The van der Waals surface area contributed by atoms with Crippen LogP contribution in [0.3, 0.4) is 0 Å². The zero-order valence-electron chi connectivity index (χ0n) is 12.9. The molecule has 0 bridgehead atoms. The van der Waals surface area contributed by atoms with Gasteiger partial charge in [0.1, 0.15) is 5.75 Å². The van der Waals surface area contributed by atoms with E-state index in [0.717, 1.165) is 37.4 Å². The number of hydrogen-bond acceptors (Lipinski definition) is 3. The third-order valence-electron chi connectivity index (χ3n) is 4.85. The largest absolute Gasteiger partial charge is 0.475 e. The molecule has 0 aliphatic carbocycles. The van der Waals surface area contributed by atoms with Crippen molar-refractivity contribution in [2.45, 2.75) is 51.2 Å². The van der Waals surface area contributed by atoms with Crippen molar-refractivity contribution in [2.24, 2.45) is 0 Å². The molecule has 0 unspecified atom stereocenters. The maximum Gasteiger partial charge on any atom is 0.271 e. The van der Waals surface area contributed by atoms with Crippen molar-refractivity contribution in [3.63, 3.8) is 0 Å². The molecular weight excluding hydrogens is 264 g/mol. The summed E-state index contributed by atoms with van der Waals surface area (Å²) in [5.41, 5.74) is 0.242. The van der Waals surface area contributed by atoms with E-state index in [1.807, 2.05) is 43.0 Å². The molecule has 21 heavy (non-hydrogen) atoms. The van der Waals surface area contributed by atoms with E-state index in [1.165, 1.54) is 0 Å². The molecule has 4 nitrogen and oxygen atoms in total. The molecule has 2 aliphatic heterocycles. The van der Waals surface area contributed by atoms with E-state index in [0.29, 0.717) is 12.8 Å². The van der Waals surface area contributed by atoms with E-state index in [1.54, 1.807) is 0 Å². The molecule has 1 aromatic rings. The first-order chi connectivity index (χ1) is 10.2. The van der Waals surface area contributed by atoms with Gasteiger partial charge in [-0.3, -0.25) is 4.79 Å². The van der Waals surface area contributed by atoms with E-state index < -0.39 is 5.60 Å². The maximum absolute atomic E-state index is 13.2. The van der Waals surface area contributed by atoms with Gasteiger partial charge in [-0.05, 0) is 50.9 Å². The number of rotatable bonds is 3. The van der Waals surface area contributed by atoms with Crippen LogP contribution in [0.15, 0.2) is 24.3 Å². The Morgan fingerprint density at radius 1 is 1.24 bits per heavy atom. The second-order valence-electron chi connectivity index (χ2n) is 5.93. The number of benzene rings is 1. The molecule has 1 fully saturated rings. The third-order valence-corrected chi connectivity index (χ3v) is 4.85. The summed E-state index contributed by atoms with van der Waals surface area (Å²) in [6, 6.07) is 8.22. The van der Waals surface area contributed by atoms with Gasteiger partial charge in [-0.1, -0.05) is 26.0 Å². The molecule has 2 aliphatic rings. The first-order valence-corrected chi connectivity index (χ1v) is 8.04. The van der Waals surface area contributed by atoms with Crippen molar-refractivity contribution in [1.29, 1.82) is 0 Å². The van der Waals surface area contributed by atoms with Crippen molar-refractivity contribution in [1.82, 2.24) is 5.32 Å². The highest BCUT2D eigenvalue weighted by Crippen LogP contribution is 2.42. The van der Waals surface area contributed by atoms with E-state index in [-0.39, 0.29) is 11.9 Å². The normalized spacial score (nSPS) is 21.8. The minimum Gasteiger partial charge on any atom is -0.475 e. The lowest BCUT2D eigenvalue weighted by atomic mass is 9.90. The van der Waals surface area contributed by atoms with Gasteiger partial charge in [-0.25, -0.2) is 0 Å². The van der Waals surface area contributed by atoms with Crippen LogP contribution >= 0.6 is 0 Å². The summed E-state index contributed by atoms with van der Waals surface area (Å²) in [5, 5.41) is 3.37. The molecule has 3 rings (SSSR count). The molecule has 2 heterocycles. The Balaban J connectivity index is 2.04. The van der Waals surface area contributed by atoms with Crippen molar-refractivity contribution in [3.05, 3.63) is 24.3 Å². The second-order valence-corrected chi connectivity index (χ2v) is 5.93. The van der Waals surface area contributed by atoms with Gasteiger partial charge >= 0.3 is 0 Å². The standard InChI is InChI=1S/C17H24N2O2/c1-3-17(4-2)16(20)19(13-9-11-18-12-10-13)14-7-5-6-8-15(14)21-17/h5-8,13,18H,3-4,9-12H2,1-2H3. The first-order valence-electron chi connectivity index (χ1n) is 8.04. The minimum atomic E-state index is -0.695. The van der Waals surface area contributed by atoms with Gasteiger partial charge in [0, 0.05) is 6.04 Å². The molecule has 1 amide bonds. The number of hydrogen-bond donors (Lipinski definition) is 1. The molecule has 0 atom stereocenters. The topological polar surface area (TPSA) is 41.6 Å². The monoisotopic (exact) mass is 288 g/mol. The minimum absolute atomic E-state index is 0.137. The van der Waals surface area contributed by atoms with E-state index in [4.69, 9.17) is 4.74 Å². The number of fused-ring (bicyclic) bond motifs is 1. The summed E-state index contributed by atoms with van der Waals surface area (Å²) in [5.74, 6) is 0.984. The van der Waals surface area contributed by atoms with Crippen molar-refractivity contribution < 1.29 is 9.53 Å². The molecule has 0 aromatic heterocycles. The van der Waals surface area contributed by atoms with Gasteiger partial charge in [0.2, 0.25) is 0 Å². The Morgan fingerprint density at radius 3 is 2.57 bits per heavy atom. The SMILES string of the molecule is CCC1(CC)Oc2ccccc2N(C2CCNCC2)C1=O. The number of ether oxygens (including phenoxy) is 1. The number of carbonyl (C=O) groups is 1. The third kappa shape index (κ3) is 2.31. The fourth-order valence-corrected chi connectivity index (χ4v) is 3.45. The number of anilines is 1. The van der Waals surface area contributed by atoms with Crippen molar-refractivity contribution >= 4 is 11.6 Å². The number of nitrogens with one attached hydrogen (secondary N) is 1. The molecule has 1 aromatic carbocycles. The highest BCUT2D eigenvalue weighted by atomic mass is 16.5. The van der Waals surface area contributed by atoms with Crippen LogP contribution in [0.2, 0.25) is 0 Å². The van der Waals surface area contributed by atoms with Crippen LogP contribution in [0.25, 0.3) is 0 Å². The van der Waals surface area contributed by atoms with Crippen LogP contribution in [0.5, 0.6) is 5.75 Å². The molecule has 0 radical (unpaired) electrons. The first kappa shape index (κ1) is 14.4. The number of amides is 1. The van der Waals surface area contributed by atoms with Gasteiger partial charge < -0.3 is 15.0 Å². The second kappa shape index (κ2) is 5.68. The fraction of sp³-hybridized carbons (Fsp3) is 0.588. The van der Waals surface area contributed by atoms with Crippen LogP contribution in [-0.4, -0.2) is 30.6 Å². The Bertz CT molecular complexity index is 519. The van der Waals surface area contributed by atoms with E-state index in [2.05, 4.69) is 5.32 Å². The molecule has 4 heteroatoms. The molecule has 1 N–H and O–H groups in total. The van der Waals surface area contributed by atoms with Gasteiger partial charge in [-0.2, -0.15) is 0 Å². The van der Waals surface area contributed by atoms with Crippen LogP contribution in [0, 0.1) is 0 Å². The predicted molar refractivity (Wildman–Crippen MR) is 83.8 cm³/mol. The number of nitrogens with zero attached hydrogens (tertiary/aromatic N) is 1. The number of piperidine rings is 1. The summed E-state index contributed by atoms with van der Waals surface area (Å²) >= 11 is 0. The predicted octanol–water partition coefficient (Wildman–Crippen LogP) is 2.72. The fourth-order valence-electron chi connectivity index (χ4n) is 3.45. The van der Waals surface area contributed by atoms with Gasteiger partial charge in [0.05, 0.1) is 5.69 Å². The van der Waals surface area contributed by atoms with Gasteiger partial charge in [0.25, 0.3) is 5.91 Å². The van der Waals surface area contributed by atoms with Crippen LogP contribution in [0.4, 0.5) is 5.69 Å². The average Bonchev–Trinajstić information content (AvgIpc) is 2.55. The number of para-hydroxylation sites is 2. The average molecular weight is 288 g/mol. The Hall–Kier alpha value is -1.55. The van der Waals surface area contributed by atoms with Crippen molar-refractivity contribution in [2.75, 3.05) is 18.0 Å². The summed E-state index contributed by atoms with van der Waals surface area (Å²) in [7, 11) is 0. The molecule has 0 saturated carbocycles. The van der Waals surface area contributed by atoms with Crippen LogP contribution in [0.1, 0.15) is 39.5 Å². The van der Waals surface area contributed by atoms with E-state index in [9.17, 15) is 4.79 Å². The van der Waals surface area contributed by atoms with E-state index >= 15 is 0 Å². The smallest absolute Gasteiger partial charge is 0.271 e. The lowest BCUT2D eigenvalue weighted by molar-refractivity contribution is -0.137.